The van der Waals surface area contributed by atoms with E-state index in [9.17, 15) is 39.3 Å². The van der Waals surface area contributed by atoms with Crippen LogP contribution in [0.1, 0.15) is 23.2 Å². The summed E-state index contributed by atoms with van der Waals surface area (Å²) in [4.78, 5) is 58.3. The number of aromatic carboxylic acids is 1. The van der Waals surface area contributed by atoms with Crippen molar-refractivity contribution in [3.8, 4) is 28.2 Å². The number of carbonyl (C=O) groups is 4. The fraction of sp³-hybridized carbons (Fsp3) is 0.115. The molecule has 2 aromatic carbocycles. The number of nitrogens with zero attached hydrogens (tertiary/aromatic N) is 2. The Morgan fingerprint density at radius 2 is 1.69 bits per heavy atom. The number of amides is 2. The molecule has 0 bridgehead atoms. The SMILES string of the molecule is O=C(O)CC[C@@H](NC(=O)N=Nc1ccc(C(=O)O)c(-c2c3ccc(=O)cc-3oc3cc(O)ccc23)c1)C(=O)O. The van der Waals surface area contributed by atoms with Crippen LogP contribution in [0.25, 0.3) is 33.4 Å². The number of carbonyl (C=O) groups excluding carboxylic acids is 1. The molecule has 1 atom stereocenters. The number of azo groups is 1. The van der Waals surface area contributed by atoms with E-state index < -0.39 is 36.4 Å². The van der Waals surface area contributed by atoms with Gasteiger partial charge in [-0.2, -0.15) is 0 Å². The number of aliphatic carboxylic acids is 2. The van der Waals surface area contributed by atoms with E-state index >= 15 is 0 Å². The highest BCUT2D eigenvalue weighted by Crippen LogP contribution is 2.42. The highest BCUT2D eigenvalue weighted by molar-refractivity contribution is 6.08. The van der Waals surface area contributed by atoms with Crippen LogP contribution in [-0.2, 0) is 9.59 Å². The monoisotopic (exact) mass is 533 g/mol. The molecule has 1 aliphatic carbocycles. The Morgan fingerprint density at radius 3 is 2.38 bits per heavy atom. The minimum Gasteiger partial charge on any atom is -0.508 e. The van der Waals surface area contributed by atoms with Crippen molar-refractivity contribution >= 4 is 40.6 Å². The van der Waals surface area contributed by atoms with Gasteiger partial charge in [0.25, 0.3) is 0 Å². The minimum atomic E-state index is -1.51. The number of hydrogen-bond donors (Lipinski definition) is 5. The van der Waals surface area contributed by atoms with Crippen LogP contribution >= 0.6 is 0 Å². The molecule has 13 heteroatoms. The van der Waals surface area contributed by atoms with Gasteiger partial charge in [0, 0.05) is 35.1 Å². The third kappa shape index (κ3) is 5.88. The van der Waals surface area contributed by atoms with Gasteiger partial charge in [-0.3, -0.25) is 9.59 Å². The number of aromatic hydroxyl groups is 1. The van der Waals surface area contributed by atoms with E-state index in [2.05, 4.69) is 15.5 Å². The summed E-state index contributed by atoms with van der Waals surface area (Å²) in [6.07, 6.45) is -0.867. The number of benzene rings is 3. The van der Waals surface area contributed by atoms with Crippen molar-refractivity contribution in [3.05, 3.63) is 70.4 Å². The maximum Gasteiger partial charge on any atom is 0.360 e. The summed E-state index contributed by atoms with van der Waals surface area (Å²) in [6, 6.07) is 9.39. The Kier molecular flexibility index (Phi) is 7.33. The van der Waals surface area contributed by atoms with Crippen LogP contribution in [0.3, 0.4) is 0 Å². The third-order valence-electron chi connectivity index (χ3n) is 5.68. The lowest BCUT2D eigenvalue weighted by Gasteiger charge is -2.17. The second-order valence-corrected chi connectivity index (χ2v) is 8.32. The first-order valence-electron chi connectivity index (χ1n) is 11.3. The molecule has 4 rings (SSSR count). The van der Waals surface area contributed by atoms with Gasteiger partial charge in [0.15, 0.2) is 5.43 Å². The molecule has 0 radical (unpaired) electrons. The zero-order valence-electron chi connectivity index (χ0n) is 19.8. The van der Waals surface area contributed by atoms with Crippen molar-refractivity contribution in [2.45, 2.75) is 18.9 Å². The van der Waals surface area contributed by atoms with Gasteiger partial charge in [-0.15, -0.1) is 5.11 Å². The van der Waals surface area contributed by atoms with E-state index in [1.807, 2.05) is 0 Å². The summed E-state index contributed by atoms with van der Waals surface area (Å²) in [5.41, 5.74) is 0.586. The van der Waals surface area contributed by atoms with Gasteiger partial charge in [-0.25, -0.2) is 14.4 Å². The zero-order chi connectivity index (χ0) is 28.3. The highest BCUT2D eigenvalue weighted by atomic mass is 16.4. The lowest BCUT2D eigenvalue weighted by molar-refractivity contribution is -0.140. The lowest BCUT2D eigenvalue weighted by Crippen LogP contribution is -2.39. The van der Waals surface area contributed by atoms with Gasteiger partial charge < -0.3 is 30.2 Å². The zero-order valence-corrected chi connectivity index (χ0v) is 19.8. The van der Waals surface area contributed by atoms with Crippen LogP contribution < -0.4 is 10.7 Å². The quantitative estimate of drug-likeness (QED) is 0.161. The molecule has 2 aliphatic rings. The molecule has 198 valence electrons. The Balaban J connectivity index is 1.79. The van der Waals surface area contributed by atoms with Crippen LogP contribution in [0.15, 0.2) is 74.0 Å². The van der Waals surface area contributed by atoms with Gasteiger partial charge in [0.1, 0.15) is 23.1 Å². The van der Waals surface area contributed by atoms with Crippen molar-refractivity contribution in [2.24, 2.45) is 10.2 Å². The second-order valence-electron chi connectivity index (χ2n) is 8.32. The maximum absolute atomic E-state index is 12.2. The highest BCUT2D eigenvalue weighted by Gasteiger charge is 2.23. The normalized spacial score (nSPS) is 12.0. The van der Waals surface area contributed by atoms with Gasteiger partial charge in [-0.05, 0) is 54.4 Å². The van der Waals surface area contributed by atoms with Crippen molar-refractivity contribution in [3.63, 3.8) is 0 Å². The molecule has 0 spiro atoms. The summed E-state index contributed by atoms with van der Waals surface area (Å²) in [7, 11) is 0. The topological polar surface area (TPSA) is 216 Å². The van der Waals surface area contributed by atoms with Crippen LogP contribution in [0.5, 0.6) is 5.75 Å². The lowest BCUT2D eigenvalue weighted by atomic mass is 9.90. The number of urea groups is 1. The fourth-order valence-corrected chi connectivity index (χ4v) is 3.94. The number of phenolic OH excluding ortho intramolecular Hbond substituents is 1. The van der Waals surface area contributed by atoms with Gasteiger partial charge >= 0.3 is 23.9 Å². The summed E-state index contributed by atoms with van der Waals surface area (Å²) in [6.45, 7) is 0. The Morgan fingerprint density at radius 1 is 0.923 bits per heavy atom. The van der Waals surface area contributed by atoms with Crippen LogP contribution in [0.4, 0.5) is 10.5 Å². The average Bonchev–Trinajstić information content (AvgIpc) is 2.87. The second kappa shape index (κ2) is 10.8. The standard InChI is InChI=1S/C26H19N3O10/c30-13-2-5-16-20(10-13)39-21-11-14(31)3-6-17(21)23(16)18-9-12(1-4-15(18)24(34)35)28-29-26(38)27-19(25(36)37)7-8-22(32)33/h1-6,9-11,19,30H,7-8H2,(H,27,38)(H,32,33)(H,34,35)(H,36,37)/t19-/m1/s1. The average molecular weight is 533 g/mol. The number of rotatable bonds is 8. The molecule has 1 heterocycles. The number of fused-ring (bicyclic) bond motifs is 2. The number of phenols is 1. The van der Waals surface area contributed by atoms with Crippen LogP contribution in [0.2, 0.25) is 0 Å². The molecule has 0 aromatic heterocycles. The number of carboxylic acids is 3. The molecule has 0 saturated heterocycles. The van der Waals surface area contributed by atoms with Crippen LogP contribution in [0, 0.1) is 0 Å². The molecule has 13 nitrogen and oxygen atoms in total. The summed E-state index contributed by atoms with van der Waals surface area (Å²) >= 11 is 0. The number of hydrogen-bond acceptors (Lipinski definition) is 8. The molecule has 1 aliphatic heterocycles. The molecule has 39 heavy (non-hydrogen) atoms. The minimum absolute atomic E-state index is 0.0314. The summed E-state index contributed by atoms with van der Waals surface area (Å²) in [5, 5.41) is 47.4. The van der Waals surface area contributed by atoms with E-state index in [1.54, 1.807) is 0 Å². The van der Waals surface area contributed by atoms with Crippen molar-refractivity contribution in [1.29, 1.82) is 0 Å². The summed E-state index contributed by atoms with van der Waals surface area (Å²) in [5.74, 6) is -3.95. The smallest absolute Gasteiger partial charge is 0.360 e. The summed E-state index contributed by atoms with van der Waals surface area (Å²) < 4.78 is 5.78. The Labute approximate surface area is 218 Å². The Hall–Kier alpha value is -5.59. The molecule has 2 aromatic rings. The largest absolute Gasteiger partial charge is 0.508 e. The molecular formula is C26H19N3O10. The number of nitrogens with one attached hydrogen (secondary N) is 1. The van der Waals surface area contributed by atoms with E-state index in [0.29, 0.717) is 16.5 Å². The molecule has 0 unspecified atom stereocenters. The van der Waals surface area contributed by atoms with E-state index in [0.717, 1.165) is 0 Å². The van der Waals surface area contributed by atoms with Gasteiger partial charge in [0.2, 0.25) is 0 Å². The molecule has 5 N–H and O–H groups in total. The van der Waals surface area contributed by atoms with Crippen LogP contribution in [-0.4, -0.2) is 50.4 Å². The third-order valence-corrected chi connectivity index (χ3v) is 5.68. The molecule has 0 fully saturated rings. The fourth-order valence-electron chi connectivity index (χ4n) is 3.94. The van der Waals surface area contributed by atoms with E-state index in [-0.39, 0.29) is 45.8 Å². The van der Waals surface area contributed by atoms with Gasteiger partial charge in [-0.1, -0.05) is 5.11 Å². The van der Waals surface area contributed by atoms with E-state index in [1.165, 1.54) is 54.6 Å². The van der Waals surface area contributed by atoms with Crippen molar-refractivity contribution in [2.75, 3.05) is 0 Å². The predicted octanol–water partition coefficient (Wildman–Crippen LogP) is 4.08. The van der Waals surface area contributed by atoms with E-state index in [4.69, 9.17) is 9.52 Å². The first-order chi connectivity index (χ1) is 18.5. The molecule has 2 amide bonds. The first-order valence-corrected chi connectivity index (χ1v) is 11.3. The first kappa shape index (κ1) is 26.5. The number of carboxylic acid groups (broad SMARTS) is 3. The Bertz CT molecular complexity index is 1690. The maximum atomic E-state index is 12.2. The van der Waals surface area contributed by atoms with Crippen molar-refractivity contribution in [1.82, 2.24) is 5.32 Å². The van der Waals surface area contributed by atoms with Gasteiger partial charge in [0.05, 0.1) is 11.3 Å². The predicted molar refractivity (Wildman–Crippen MR) is 135 cm³/mol. The molecule has 0 saturated carbocycles. The molecular weight excluding hydrogens is 514 g/mol. The van der Waals surface area contributed by atoms with Crippen molar-refractivity contribution < 1.29 is 44.0 Å².